The molecule has 1 N–H and O–H groups in total. The first kappa shape index (κ1) is 19.9. The van der Waals surface area contributed by atoms with Gasteiger partial charge < -0.3 is 10.1 Å². The smallest absolute Gasteiger partial charge is 0.433 e. The highest BCUT2D eigenvalue weighted by molar-refractivity contribution is 7.13. The summed E-state index contributed by atoms with van der Waals surface area (Å²) in [7, 11) is 1.55. The summed E-state index contributed by atoms with van der Waals surface area (Å²) >= 11 is 1.28. The third-order valence-electron chi connectivity index (χ3n) is 4.34. The van der Waals surface area contributed by atoms with Crippen LogP contribution in [-0.4, -0.2) is 27.6 Å². The average molecular weight is 432 g/mol. The zero-order valence-corrected chi connectivity index (χ0v) is 16.4. The van der Waals surface area contributed by atoms with Crippen molar-refractivity contribution < 1.29 is 22.7 Å². The number of fused-ring (bicyclic) bond motifs is 1. The van der Waals surface area contributed by atoms with Crippen LogP contribution in [-0.2, 0) is 12.7 Å². The van der Waals surface area contributed by atoms with Crippen LogP contribution in [0.5, 0.6) is 5.75 Å². The number of amides is 1. The van der Waals surface area contributed by atoms with Crippen molar-refractivity contribution in [3.63, 3.8) is 0 Å². The van der Waals surface area contributed by atoms with Crippen molar-refractivity contribution >= 4 is 22.9 Å². The van der Waals surface area contributed by atoms with Gasteiger partial charge in [0.05, 0.1) is 17.7 Å². The quantitative estimate of drug-likeness (QED) is 0.507. The number of ether oxygens (including phenoxy) is 1. The molecule has 0 fully saturated rings. The van der Waals surface area contributed by atoms with Crippen LogP contribution in [0.3, 0.4) is 0 Å². The molecule has 4 aromatic rings. The predicted molar refractivity (Wildman–Crippen MR) is 105 cm³/mol. The Labute approximate surface area is 172 Å². The Bertz CT molecular complexity index is 1190. The number of rotatable bonds is 5. The number of hydrogen-bond donors (Lipinski definition) is 1. The second kappa shape index (κ2) is 7.79. The lowest BCUT2D eigenvalue weighted by molar-refractivity contribution is -0.142. The monoisotopic (exact) mass is 432 g/mol. The van der Waals surface area contributed by atoms with Crippen LogP contribution >= 0.6 is 11.3 Å². The molecular formula is C20H15F3N4O2S. The summed E-state index contributed by atoms with van der Waals surface area (Å²) in [5, 5.41) is 8.25. The van der Waals surface area contributed by atoms with E-state index in [0.717, 1.165) is 11.6 Å². The number of halogens is 3. The van der Waals surface area contributed by atoms with Gasteiger partial charge in [0.2, 0.25) is 0 Å². The highest BCUT2D eigenvalue weighted by atomic mass is 32.1. The van der Waals surface area contributed by atoms with E-state index in [2.05, 4.69) is 15.4 Å². The van der Waals surface area contributed by atoms with Crippen LogP contribution in [0.4, 0.5) is 13.2 Å². The number of carbonyl (C=O) groups is 1. The summed E-state index contributed by atoms with van der Waals surface area (Å²) in [6.45, 7) is 0.191. The second-order valence-electron chi connectivity index (χ2n) is 6.33. The van der Waals surface area contributed by atoms with Gasteiger partial charge in [0, 0.05) is 12.6 Å². The Morgan fingerprint density at radius 2 is 1.97 bits per heavy atom. The molecule has 0 atom stereocenters. The van der Waals surface area contributed by atoms with Gasteiger partial charge in [-0.05, 0) is 35.2 Å². The maximum absolute atomic E-state index is 13.6. The largest absolute Gasteiger partial charge is 0.497 e. The lowest BCUT2D eigenvalue weighted by atomic mass is 10.2. The van der Waals surface area contributed by atoms with Gasteiger partial charge in [0.15, 0.2) is 17.0 Å². The van der Waals surface area contributed by atoms with Crippen molar-refractivity contribution in [3.05, 3.63) is 70.9 Å². The molecule has 0 unspecified atom stereocenters. The standard InChI is InChI=1S/C20H15F3N4O2S/c1-29-13-6-4-12(5-7-13)11-24-19(28)15-10-18-25-14(16-3-2-8-30-16)9-17(20(21,22)23)27(18)26-15/h2-10H,11H2,1H3,(H,24,28). The van der Waals surface area contributed by atoms with Crippen LogP contribution in [0.1, 0.15) is 21.7 Å². The lowest BCUT2D eigenvalue weighted by Crippen LogP contribution is -2.23. The fourth-order valence-corrected chi connectivity index (χ4v) is 3.54. The molecule has 30 heavy (non-hydrogen) atoms. The van der Waals surface area contributed by atoms with Gasteiger partial charge in [0.1, 0.15) is 5.75 Å². The highest BCUT2D eigenvalue weighted by Gasteiger charge is 2.35. The number of alkyl halides is 3. The van der Waals surface area contributed by atoms with Crippen LogP contribution < -0.4 is 10.1 Å². The van der Waals surface area contributed by atoms with Crippen molar-refractivity contribution in [1.82, 2.24) is 19.9 Å². The molecule has 1 aromatic carbocycles. The number of thiophene rings is 1. The molecule has 0 radical (unpaired) electrons. The Morgan fingerprint density at radius 1 is 1.20 bits per heavy atom. The summed E-state index contributed by atoms with van der Waals surface area (Å²) < 4.78 is 46.5. The van der Waals surface area contributed by atoms with Gasteiger partial charge in [-0.15, -0.1) is 11.3 Å². The number of hydrogen-bond acceptors (Lipinski definition) is 5. The second-order valence-corrected chi connectivity index (χ2v) is 7.28. The Kier molecular flexibility index (Phi) is 5.17. The Balaban J connectivity index is 1.63. The van der Waals surface area contributed by atoms with Crippen molar-refractivity contribution in [3.8, 4) is 16.3 Å². The number of nitrogens with zero attached hydrogens (tertiary/aromatic N) is 3. The summed E-state index contributed by atoms with van der Waals surface area (Å²) in [6.07, 6.45) is -4.66. The van der Waals surface area contributed by atoms with Gasteiger partial charge in [-0.1, -0.05) is 18.2 Å². The minimum Gasteiger partial charge on any atom is -0.497 e. The van der Waals surface area contributed by atoms with Crippen molar-refractivity contribution in [2.45, 2.75) is 12.7 Å². The van der Waals surface area contributed by atoms with Crippen LogP contribution in [0.25, 0.3) is 16.2 Å². The van der Waals surface area contributed by atoms with E-state index >= 15 is 0 Å². The number of methoxy groups -OCH3 is 1. The molecule has 0 aliphatic rings. The van der Waals surface area contributed by atoms with Crippen LogP contribution in [0.2, 0.25) is 0 Å². The van der Waals surface area contributed by atoms with E-state index in [1.807, 2.05) is 0 Å². The van der Waals surface area contributed by atoms with E-state index in [1.165, 1.54) is 17.4 Å². The SMILES string of the molecule is COc1ccc(CNC(=O)c2cc3nc(-c4cccs4)cc(C(F)(F)F)n3n2)cc1. The lowest BCUT2D eigenvalue weighted by Gasteiger charge is -2.10. The molecule has 6 nitrogen and oxygen atoms in total. The third kappa shape index (κ3) is 3.99. The maximum Gasteiger partial charge on any atom is 0.433 e. The van der Waals surface area contributed by atoms with Gasteiger partial charge >= 0.3 is 6.18 Å². The molecule has 154 valence electrons. The first-order valence-electron chi connectivity index (χ1n) is 8.78. The van der Waals surface area contributed by atoms with E-state index < -0.39 is 17.8 Å². The molecular weight excluding hydrogens is 417 g/mol. The van der Waals surface area contributed by atoms with Gasteiger partial charge in [-0.2, -0.15) is 18.3 Å². The summed E-state index contributed by atoms with van der Waals surface area (Å²) in [5.41, 5.74) is -0.213. The van der Waals surface area contributed by atoms with E-state index in [0.29, 0.717) is 15.1 Å². The number of aromatic nitrogens is 3. The molecule has 4 rings (SSSR count). The molecule has 0 saturated carbocycles. The fourth-order valence-electron chi connectivity index (χ4n) is 2.85. The van der Waals surface area contributed by atoms with Crippen molar-refractivity contribution in [2.75, 3.05) is 7.11 Å². The van der Waals surface area contributed by atoms with Gasteiger partial charge in [-0.3, -0.25) is 4.79 Å². The van der Waals surface area contributed by atoms with E-state index in [-0.39, 0.29) is 23.6 Å². The number of carbonyl (C=O) groups excluding carboxylic acids is 1. The highest BCUT2D eigenvalue weighted by Crippen LogP contribution is 2.33. The molecule has 0 aliphatic carbocycles. The number of nitrogens with one attached hydrogen (secondary N) is 1. The van der Waals surface area contributed by atoms with Crippen molar-refractivity contribution in [2.24, 2.45) is 0 Å². The molecule has 0 saturated heterocycles. The molecule has 3 heterocycles. The zero-order valence-electron chi connectivity index (χ0n) is 15.6. The Hall–Kier alpha value is -3.40. The van der Waals surface area contributed by atoms with Crippen molar-refractivity contribution in [1.29, 1.82) is 0 Å². The molecule has 10 heteroatoms. The minimum absolute atomic E-state index is 0.0529. The van der Waals surface area contributed by atoms with Crippen LogP contribution in [0.15, 0.2) is 53.9 Å². The van der Waals surface area contributed by atoms with Gasteiger partial charge in [-0.25, -0.2) is 9.50 Å². The Morgan fingerprint density at radius 3 is 2.60 bits per heavy atom. The molecule has 0 bridgehead atoms. The van der Waals surface area contributed by atoms with E-state index in [1.54, 1.807) is 48.9 Å². The van der Waals surface area contributed by atoms with Gasteiger partial charge in [0.25, 0.3) is 5.91 Å². The average Bonchev–Trinajstić information content (AvgIpc) is 3.40. The normalized spacial score (nSPS) is 11.6. The first-order chi connectivity index (χ1) is 14.3. The fraction of sp³-hybridized carbons (Fsp3) is 0.150. The topological polar surface area (TPSA) is 68.5 Å². The third-order valence-corrected chi connectivity index (χ3v) is 5.23. The summed E-state index contributed by atoms with van der Waals surface area (Å²) in [4.78, 5) is 17.3. The molecule has 0 aliphatic heterocycles. The first-order valence-corrected chi connectivity index (χ1v) is 9.66. The molecule has 0 spiro atoms. The number of benzene rings is 1. The minimum atomic E-state index is -4.66. The van der Waals surface area contributed by atoms with Crippen LogP contribution in [0, 0.1) is 0 Å². The summed E-state index contributed by atoms with van der Waals surface area (Å²) in [5.74, 6) is 0.0832. The molecule has 3 aromatic heterocycles. The summed E-state index contributed by atoms with van der Waals surface area (Å²) in [6, 6.07) is 12.6. The maximum atomic E-state index is 13.6. The van der Waals surface area contributed by atoms with E-state index in [9.17, 15) is 18.0 Å². The zero-order chi connectivity index (χ0) is 21.3. The predicted octanol–water partition coefficient (Wildman–Crippen LogP) is 4.42. The molecule has 1 amide bonds. The van der Waals surface area contributed by atoms with E-state index in [4.69, 9.17) is 4.74 Å².